The van der Waals surface area contributed by atoms with Crippen molar-refractivity contribution < 1.29 is 14.3 Å². The molecule has 2 aliphatic heterocycles. The lowest BCUT2D eigenvalue weighted by Crippen LogP contribution is -2.63. The van der Waals surface area contributed by atoms with Crippen LogP contribution in [0.2, 0.25) is 0 Å². The van der Waals surface area contributed by atoms with Crippen LogP contribution in [0.25, 0.3) is 0 Å². The number of rotatable bonds is 5. The van der Waals surface area contributed by atoms with Crippen LogP contribution in [0, 0.1) is 4.91 Å². The number of carbonyl (C=O) groups is 1. The first-order valence-corrected chi connectivity index (χ1v) is 13.1. The molecule has 1 saturated carbocycles. The molecule has 35 heavy (non-hydrogen) atoms. The number of benzene rings is 2. The Kier molecular flexibility index (Phi) is 7.00. The highest BCUT2D eigenvalue weighted by atomic mass is 16.5. The summed E-state index contributed by atoms with van der Waals surface area (Å²) >= 11 is 0. The molecule has 186 valence electrons. The number of amides is 1. The lowest BCUT2D eigenvalue weighted by atomic mass is 9.74. The van der Waals surface area contributed by atoms with Gasteiger partial charge in [0.1, 0.15) is 18.9 Å². The third-order valence-electron chi connectivity index (χ3n) is 8.44. The number of ether oxygens (including phenoxy) is 1. The van der Waals surface area contributed by atoms with Gasteiger partial charge in [0.2, 0.25) is 6.54 Å². The molecule has 0 bridgehead atoms. The molecule has 0 aromatic heterocycles. The third-order valence-corrected chi connectivity index (χ3v) is 8.44. The number of nitroso groups, excluding NO2 is 1. The lowest BCUT2D eigenvalue weighted by Gasteiger charge is -2.52. The maximum Gasteiger partial charge on any atom is 0.301 e. The van der Waals surface area contributed by atoms with Crippen molar-refractivity contribution in [3.8, 4) is 0 Å². The van der Waals surface area contributed by atoms with Gasteiger partial charge in [0.25, 0.3) is 5.91 Å². The van der Waals surface area contributed by atoms with Crippen LogP contribution in [0.15, 0.2) is 54.6 Å². The Hall–Kier alpha value is -2.61. The zero-order chi connectivity index (χ0) is 24.3. The van der Waals surface area contributed by atoms with Gasteiger partial charge in [-0.1, -0.05) is 49.6 Å². The molecule has 2 aromatic carbocycles. The van der Waals surface area contributed by atoms with Crippen molar-refractivity contribution >= 4 is 17.3 Å². The minimum absolute atomic E-state index is 0.000551. The van der Waals surface area contributed by atoms with Crippen molar-refractivity contribution in [2.45, 2.75) is 43.7 Å². The van der Waals surface area contributed by atoms with Crippen LogP contribution in [0.5, 0.6) is 0 Å². The summed E-state index contributed by atoms with van der Waals surface area (Å²) in [6.07, 6.45) is 6.02. The SMILES string of the molecule is C[N+]1(c2ccccc2)CCN(C2(c3cccc(NC(=O)C4COCC[N+]4=O)c3)CCCCC2)CC1. The second-order valence-corrected chi connectivity index (χ2v) is 10.6. The average molecular weight is 479 g/mol. The van der Waals surface area contributed by atoms with Crippen LogP contribution >= 0.6 is 0 Å². The highest BCUT2D eigenvalue weighted by Gasteiger charge is 2.44. The highest BCUT2D eigenvalue weighted by molar-refractivity contribution is 5.94. The molecule has 2 heterocycles. The van der Waals surface area contributed by atoms with Gasteiger partial charge < -0.3 is 10.1 Å². The van der Waals surface area contributed by atoms with Crippen LogP contribution in [0.1, 0.15) is 37.7 Å². The first kappa shape index (κ1) is 24.1. The average Bonchev–Trinajstić information content (AvgIpc) is 2.90. The number of anilines is 1. The zero-order valence-electron chi connectivity index (χ0n) is 20.8. The quantitative estimate of drug-likeness (QED) is 0.523. The highest BCUT2D eigenvalue weighted by Crippen LogP contribution is 2.44. The monoisotopic (exact) mass is 478 g/mol. The smallest absolute Gasteiger partial charge is 0.301 e. The van der Waals surface area contributed by atoms with Crippen molar-refractivity contribution in [3.63, 3.8) is 0 Å². The number of carbonyl (C=O) groups excluding carboxylic acids is 1. The Labute approximate surface area is 208 Å². The molecular formula is C28H38N4O3+2. The van der Waals surface area contributed by atoms with Crippen molar-refractivity contribution in [1.82, 2.24) is 9.38 Å². The number of quaternary nitrogens is 1. The Balaban J connectivity index is 1.35. The number of piperazine rings is 1. The van der Waals surface area contributed by atoms with Gasteiger partial charge in [0.05, 0.1) is 20.1 Å². The summed E-state index contributed by atoms with van der Waals surface area (Å²) in [5, 5.41) is 2.99. The molecular weight excluding hydrogens is 440 g/mol. The number of para-hydroxylation sites is 1. The van der Waals surface area contributed by atoms with Gasteiger partial charge in [0.15, 0.2) is 0 Å². The number of nitrogens with zero attached hydrogens (tertiary/aromatic N) is 3. The van der Waals surface area contributed by atoms with E-state index in [1.165, 1.54) is 30.5 Å². The van der Waals surface area contributed by atoms with Crippen LogP contribution in [0.3, 0.4) is 0 Å². The van der Waals surface area contributed by atoms with Crippen molar-refractivity contribution in [1.29, 1.82) is 0 Å². The van der Waals surface area contributed by atoms with Crippen LogP contribution in [0.4, 0.5) is 11.4 Å². The van der Waals surface area contributed by atoms with Gasteiger partial charge in [-0.05, 0) is 42.7 Å². The zero-order valence-corrected chi connectivity index (χ0v) is 20.8. The van der Waals surface area contributed by atoms with Crippen LogP contribution < -0.4 is 9.80 Å². The van der Waals surface area contributed by atoms with E-state index in [2.05, 4.69) is 59.7 Å². The van der Waals surface area contributed by atoms with Crippen molar-refractivity contribution in [2.24, 2.45) is 0 Å². The molecule has 2 saturated heterocycles. The van der Waals surface area contributed by atoms with E-state index in [1.807, 2.05) is 12.1 Å². The van der Waals surface area contributed by atoms with Gasteiger partial charge in [-0.25, -0.2) is 0 Å². The second kappa shape index (κ2) is 10.2. The first-order valence-electron chi connectivity index (χ1n) is 13.1. The first-order chi connectivity index (χ1) is 17.0. The van der Waals surface area contributed by atoms with Gasteiger partial charge in [0, 0.05) is 34.0 Å². The number of likely N-dealkylation sites (N-methyl/N-ethyl adjacent to an activating group) is 1. The number of morpholine rings is 1. The number of hydrogen-bond donors (Lipinski definition) is 1. The van der Waals surface area contributed by atoms with E-state index in [-0.39, 0.29) is 24.6 Å². The molecule has 3 aliphatic rings. The molecule has 1 atom stereocenters. The molecule has 5 rings (SSSR count). The van der Waals surface area contributed by atoms with E-state index in [0.717, 1.165) is 54.0 Å². The summed E-state index contributed by atoms with van der Waals surface area (Å²) in [5.41, 5.74) is 3.43. The molecule has 0 spiro atoms. The summed E-state index contributed by atoms with van der Waals surface area (Å²) in [4.78, 5) is 27.6. The lowest BCUT2D eigenvalue weighted by molar-refractivity contribution is -0.592. The topological polar surface area (TPSA) is 61.7 Å². The largest absolute Gasteiger partial charge is 0.367 e. The minimum Gasteiger partial charge on any atom is -0.367 e. The van der Waals surface area contributed by atoms with Gasteiger partial charge in [-0.15, -0.1) is 0 Å². The molecule has 7 heteroatoms. The Morgan fingerprint density at radius 1 is 1.06 bits per heavy atom. The van der Waals surface area contributed by atoms with Crippen LogP contribution in [-0.4, -0.2) is 74.6 Å². The van der Waals surface area contributed by atoms with E-state index in [0.29, 0.717) is 6.61 Å². The van der Waals surface area contributed by atoms with Crippen molar-refractivity contribution in [2.75, 3.05) is 58.3 Å². The second-order valence-electron chi connectivity index (χ2n) is 10.6. The fourth-order valence-electron chi connectivity index (χ4n) is 6.21. The van der Waals surface area contributed by atoms with Gasteiger partial charge >= 0.3 is 6.04 Å². The Morgan fingerprint density at radius 2 is 1.80 bits per heavy atom. The summed E-state index contributed by atoms with van der Waals surface area (Å²) in [5.74, 6) is -0.288. The number of nitrogens with one attached hydrogen (secondary N) is 1. The molecule has 3 fully saturated rings. The molecule has 1 aliphatic carbocycles. The molecule has 7 nitrogen and oxygen atoms in total. The standard InChI is InChI=1S/C28H37N4O3/c1-32(25-11-4-2-5-12-25)18-15-30(16-19-32)28(13-6-3-7-14-28)23-9-8-10-24(21-23)29-27(33)26-22-35-20-17-31(26)34/h2,4-5,8-12,21,26H,3,6-7,13-20,22H2,1H3/q+1/p+1. The van der Waals surface area contributed by atoms with Gasteiger partial charge in [-0.3, -0.25) is 14.2 Å². The van der Waals surface area contributed by atoms with E-state index >= 15 is 0 Å². The molecule has 1 unspecified atom stereocenters. The molecule has 1 amide bonds. The van der Waals surface area contributed by atoms with E-state index < -0.39 is 6.04 Å². The summed E-state index contributed by atoms with van der Waals surface area (Å²) in [6, 6.07) is 18.4. The number of hydrogen-bond acceptors (Lipinski definition) is 4. The summed E-state index contributed by atoms with van der Waals surface area (Å²) < 4.78 is 7.17. The maximum absolute atomic E-state index is 12.8. The Bertz CT molecular complexity index is 1040. The predicted octanol–water partition coefficient (Wildman–Crippen LogP) is 3.92. The normalized spacial score (nSPS) is 24.6. The van der Waals surface area contributed by atoms with Gasteiger partial charge in [-0.2, -0.15) is 0 Å². The fourth-order valence-corrected chi connectivity index (χ4v) is 6.21. The van der Waals surface area contributed by atoms with E-state index in [1.54, 1.807) is 0 Å². The Morgan fingerprint density at radius 3 is 2.51 bits per heavy atom. The molecule has 0 radical (unpaired) electrons. The maximum atomic E-state index is 12.8. The predicted molar refractivity (Wildman–Crippen MR) is 138 cm³/mol. The summed E-state index contributed by atoms with van der Waals surface area (Å²) in [6.45, 7) is 5.02. The van der Waals surface area contributed by atoms with Crippen molar-refractivity contribution in [3.05, 3.63) is 65.1 Å². The third kappa shape index (κ3) is 4.90. The summed E-state index contributed by atoms with van der Waals surface area (Å²) in [7, 11) is 2.35. The van der Waals surface area contributed by atoms with E-state index in [4.69, 9.17) is 4.74 Å². The van der Waals surface area contributed by atoms with E-state index in [9.17, 15) is 9.70 Å². The molecule has 2 aromatic rings. The van der Waals surface area contributed by atoms with Crippen LogP contribution in [-0.2, 0) is 15.1 Å². The minimum atomic E-state index is -0.786. The fraction of sp³-hybridized carbons (Fsp3) is 0.536. The molecule has 1 N–H and O–H groups in total.